The Balaban J connectivity index is 2.16. The number of carbonyl (C=O) groups excluding carboxylic acids is 2. The molecular weight excluding hydrogens is 486 g/mol. The number of hydrogen-bond acceptors (Lipinski definition) is 4. The zero-order valence-corrected chi connectivity index (χ0v) is 22.7. The second-order valence-electron chi connectivity index (χ2n) is 8.92. The minimum absolute atomic E-state index is 0.00843. The monoisotopic (exact) mass is 521 g/mol. The largest absolute Gasteiger partial charge is 0.352 e. The van der Waals surface area contributed by atoms with E-state index in [1.165, 1.54) is 9.21 Å². The predicted octanol–water partition coefficient (Wildman–Crippen LogP) is 4.53. The average molecular weight is 522 g/mol. The van der Waals surface area contributed by atoms with Gasteiger partial charge < -0.3 is 10.2 Å². The van der Waals surface area contributed by atoms with Gasteiger partial charge in [-0.1, -0.05) is 48.4 Å². The lowest BCUT2D eigenvalue weighted by molar-refractivity contribution is -0.140. The van der Waals surface area contributed by atoms with Gasteiger partial charge >= 0.3 is 0 Å². The number of anilines is 1. The third kappa shape index (κ3) is 8.85. The molecule has 2 aromatic rings. The van der Waals surface area contributed by atoms with Crippen molar-refractivity contribution >= 4 is 39.1 Å². The van der Waals surface area contributed by atoms with Crippen LogP contribution in [0.1, 0.15) is 51.2 Å². The number of amides is 2. The lowest BCUT2D eigenvalue weighted by Gasteiger charge is -2.30. The summed E-state index contributed by atoms with van der Waals surface area (Å²) in [6.07, 6.45) is 2.34. The van der Waals surface area contributed by atoms with Crippen LogP contribution in [0.2, 0.25) is 5.02 Å². The molecule has 0 fully saturated rings. The molecule has 0 aromatic heterocycles. The maximum atomic E-state index is 13.3. The molecule has 0 heterocycles. The molecule has 7 nitrogen and oxygen atoms in total. The Morgan fingerprint density at radius 3 is 2.31 bits per heavy atom. The maximum absolute atomic E-state index is 13.3. The van der Waals surface area contributed by atoms with Gasteiger partial charge in [-0.05, 0) is 63.4 Å². The molecule has 0 bridgehead atoms. The van der Waals surface area contributed by atoms with E-state index in [4.69, 9.17) is 11.6 Å². The van der Waals surface area contributed by atoms with Crippen molar-refractivity contribution < 1.29 is 18.0 Å². The van der Waals surface area contributed by atoms with Crippen molar-refractivity contribution in [2.24, 2.45) is 0 Å². The molecule has 0 radical (unpaired) electrons. The Hall–Kier alpha value is -2.58. The van der Waals surface area contributed by atoms with Crippen molar-refractivity contribution in [3.05, 3.63) is 64.7 Å². The van der Waals surface area contributed by atoms with Gasteiger partial charge in [0.05, 0.1) is 11.9 Å². The zero-order valence-electron chi connectivity index (χ0n) is 21.1. The molecule has 0 spiro atoms. The van der Waals surface area contributed by atoms with Crippen molar-refractivity contribution in [2.75, 3.05) is 17.1 Å². The van der Waals surface area contributed by atoms with Gasteiger partial charge in [0.1, 0.15) is 6.04 Å². The number of rotatable bonds is 12. The molecule has 0 aliphatic rings. The quantitative estimate of drug-likeness (QED) is 0.444. The summed E-state index contributed by atoms with van der Waals surface area (Å²) < 4.78 is 26.1. The van der Waals surface area contributed by atoms with Crippen LogP contribution in [0.3, 0.4) is 0 Å². The molecule has 9 heteroatoms. The minimum atomic E-state index is -3.52. The molecule has 0 saturated heterocycles. The first-order chi connectivity index (χ1) is 16.4. The second kappa shape index (κ2) is 12.9. The molecule has 1 N–H and O–H groups in total. The highest BCUT2D eigenvalue weighted by molar-refractivity contribution is 7.92. The Kier molecular flexibility index (Phi) is 10.6. The third-order valence-electron chi connectivity index (χ3n) is 5.88. The summed E-state index contributed by atoms with van der Waals surface area (Å²) in [6.45, 7) is 7.91. The van der Waals surface area contributed by atoms with Crippen LogP contribution < -0.4 is 9.62 Å². The van der Waals surface area contributed by atoms with Crippen LogP contribution in [0.5, 0.6) is 0 Å². The molecule has 0 aliphatic heterocycles. The number of nitrogens with zero attached hydrogens (tertiary/aromatic N) is 2. The van der Waals surface area contributed by atoms with Gasteiger partial charge in [-0.25, -0.2) is 8.42 Å². The second-order valence-corrected chi connectivity index (χ2v) is 11.3. The van der Waals surface area contributed by atoms with Crippen LogP contribution in [-0.2, 0) is 26.2 Å². The van der Waals surface area contributed by atoms with Gasteiger partial charge in [0.15, 0.2) is 0 Å². The van der Waals surface area contributed by atoms with E-state index in [-0.39, 0.29) is 37.4 Å². The normalized spacial score (nSPS) is 13.1. The molecule has 2 atom stereocenters. The minimum Gasteiger partial charge on any atom is -0.352 e. The lowest BCUT2D eigenvalue weighted by atomic mass is 10.1. The van der Waals surface area contributed by atoms with Crippen molar-refractivity contribution in [1.29, 1.82) is 0 Å². The van der Waals surface area contributed by atoms with E-state index in [1.807, 2.05) is 39.0 Å². The SMILES string of the molecule is CCC(C)NC(=O)C(C)N(Cc1cccc(Cl)c1)C(=O)CCCN(c1ccc(C)cc1)S(C)(=O)=O. The lowest BCUT2D eigenvalue weighted by Crippen LogP contribution is -2.49. The Morgan fingerprint density at radius 2 is 1.74 bits per heavy atom. The van der Waals surface area contributed by atoms with Crippen LogP contribution in [0, 0.1) is 6.92 Å². The van der Waals surface area contributed by atoms with Gasteiger partial charge in [0.25, 0.3) is 0 Å². The van der Waals surface area contributed by atoms with Crippen LogP contribution in [0.15, 0.2) is 48.5 Å². The topological polar surface area (TPSA) is 86.8 Å². The number of benzene rings is 2. The van der Waals surface area contributed by atoms with Crippen LogP contribution in [0.25, 0.3) is 0 Å². The highest BCUT2D eigenvalue weighted by Gasteiger charge is 2.27. The van der Waals surface area contributed by atoms with Crippen molar-refractivity contribution in [3.63, 3.8) is 0 Å². The van der Waals surface area contributed by atoms with E-state index in [9.17, 15) is 18.0 Å². The summed E-state index contributed by atoms with van der Waals surface area (Å²) in [5, 5.41) is 3.49. The average Bonchev–Trinajstić information content (AvgIpc) is 2.79. The zero-order chi connectivity index (χ0) is 26.2. The van der Waals surface area contributed by atoms with E-state index in [0.717, 1.165) is 23.8 Å². The molecule has 35 heavy (non-hydrogen) atoms. The van der Waals surface area contributed by atoms with Crippen LogP contribution in [-0.4, -0.2) is 50.0 Å². The van der Waals surface area contributed by atoms with Crippen LogP contribution in [0.4, 0.5) is 5.69 Å². The number of sulfonamides is 1. The summed E-state index contributed by atoms with van der Waals surface area (Å²) >= 11 is 6.12. The fraction of sp³-hybridized carbons (Fsp3) is 0.462. The molecule has 2 rings (SSSR count). The fourth-order valence-electron chi connectivity index (χ4n) is 3.60. The summed E-state index contributed by atoms with van der Waals surface area (Å²) in [4.78, 5) is 27.6. The number of nitrogens with one attached hydrogen (secondary N) is 1. The van der Waals surface area contributed by atoms with Crippen molar-refractivity contribution in [1.82, 2.24) is 10.2 Å². The number of hydrogen-bond donors (Lipinski definition) is 1. The van der Waals surface area contributed by atoms with Gasteiger partial charge in [-0.15, -0.1) is 0 Å². The first-order valence-electron chi connectivity index (χ1n) is 11.8. The van der Waals surface area contributed by atoms with E-state index in [0.29, 0.717) is 17.1 Å². The smallest absolute Gasteiger partial charge is 0.242 e. The summed E-state index contributed by atoms with van der Waals surface area (Å²) in [5.41, 5.74) is 2.40. The van der Waals surface area contributed by atoms with Crippen LogP contribution >= 0.6 is 11.6 Å². The van der Waals surface area contributed by atoms with E-state index in [1.54, 1.807) is 37.3 Å². The summed E-state index contributed by atoms with van der Waals surface area (Å²) in [7, 11) is -3.52. The van der Waals surface area contributed by atoms with E-state index < -0.39 is 16.1 Å². The molecule has 2 aromatic carbocycles. The Labute approximate surface area is 214 Å². The Bertz CT molecular complexity index is 1110. The highest BCUT2D eigenvalue weighted by Crippen LogP contribution is 2.20. The number of carbonyl (C=O) groups is 2. The highest BCUT2D eigenvalue weighted by atomic mass is 35.5. The van der Waals surface area contributed by atoms with E-state index in [2.05, 4.69) is 5.32 Å². The Morgan fingerprint density at radius 1 is 1.09 bits per heavy atom. The first kappa shape index (κ1) is 28.7. The summed E-state index contributed by atoms with van der Waals surface area (Å²) in [6, 6.07) is 13.7. The first-order valence-corrected chi connectivity index (χ1v) is 14.0. The maximum Gasteiger partial charge on any atom is 0.242 e. The predicted molar refractivity (Wildman–Crippen MR) is 142 cm³/mol. The van der Waals surface area contributed by atoms with Gasteiger partial charge in [0.2, 0.25) is 21.8 Å². The van der Waals surface area contributed by atoms with Gasteiger partial charge in [0, 0.05) is 30.6 Å². The van der Waals surface area contributed by atoms with E-state index >= 15 is 0 Å². The molecule has 2 amide bonds. The number of halogens is 1. The molecule has 192 valence electrons. The standard InChI is InChI=1S/C26H36ClN3O4S/c1-6-20(3)28-26(32)21(4)29(18-22-9-7-10-23(27)17-22)25(31)11-8-16-30(35(5,33)34)24-14-12-19(2)13-15-24/h7,9-10,12-15,17,20-21H,6,8,11,16,18H2,1-5H3,(H,28,32). The third-order valence-corrected chi connectivity index (χ3v) is 7.31. The fourth-order valence-corrected chi connectivity index (χ4v) is 4.77. The molecule has 2 unspecified atom stereocenters. The van der Waals surface area contributed by atoms with Crippen molar-refractivity contribution in [2.45, 2.75) is 65.6 Å². The van der Waals surface area contributed by atoms with Gasteiger partial charge in [-0.3, -0.25) is 13.9 Å². The molecule has 0 saturated carbocycles. The molecule has 0 aliphatic carbocycles. The molecular formula is C26H36ClN3O4S. The van der Waals surface area contributed by atoms with Gasteiger partial charge in [-0.2, -0.15) is 0 Å². The summed E-state index contributed by atoms with van der Waals surface area (Å²) in [5.74, 6) is -0.457. The van der Waals surface area contributed by atoms with Crippen molar-refractivity contribution in [3.8, 4) is 0 Å². The number of aryl methyl sites for hydroxylation is 1.